The van der Waals surface area contributed by atoms with E-state index in [1.165, 1.54) is 12.8 Å². The first-order valence-corrected chi connectivity index (χ1v) is 7.28. The van der Waals surface area contributed by atoms with Crippen LogP contribution in [0, 0.1) is 17.8 Å². The number of hydrogen-bond donors (Lipinski definition) is 3. The predicted octanol–water partition coefficient (Wildman–Crippen LogP) is 1.15. The molecule has 0 aromatic heterocycles. The third kappa shape index (κ3) is 4.94. The maximum atomic E-state index is 11.9. The molecular formula is C14H28N2O2. The Balaban J connectivity index is 2.27. The van der Waals surface area contributed by atoms with Crippen molar-refractivity contribution < 1.29 is 9.90 Å². The lowest BCUT2D eigenvalue weighted by atomic mass is 9.79. The lowest BCUT2D eigenvalue weighted by Crippen LogP contribution is -2.40. The molecule has 1 amide bonds. The Morgan fingerprint density at radius 3 is 2.61 bits per heavy atom. The highest BCUT2D eigenvalue weighted by Gasteiger charge is 2.25. The Hall–Kier alpha value is -0.610. The fourth-order valence-corrected chi connectivity index (χ4v) is 2.65. The van der Waals surface area contributed by atoms with Crippen LogP contribution in [0.25, 0.3) is 0 Å². The van der Waals surface area contributed by atoms with Crippen LogP contribution in [0.3, 0.4) is 0 Å². The van der Waals surface area contributed by atoms with E-state index in [1.807, 2.05) is 13.8 Å². The molecule has 1 aliphatic rings. The highest BCUT2D eigenvalue weighted by atomic mass is 16.3. The van der Waals surface area contributed by atoms with Gasteiger partial charge in [0.15, 0.2) is 0 Å². The van der Waals surface area contributed by atoms with E-state index in [-0.39, 0.29) is 18.4 Å². The third-order valence-corrected chi connectivity index (χ3v) is 3.99. The molecule has 1 saturated carbocycles. The van der Waals surface area contributed by atoms with Crippen molar-refractivity contribution in [1.82, 2.24) is 10.6 Å². The lowest BCUT2D eigenvalue weighted by molar-refractivity contribution is -0.124. The van der Waals surface area contributed by atoms with Crippen molar-refractivity contribution >= 4 is 5.91 Å². The van der Waals surface area contributed by atoms with Gasteiger partial charge in [-0.15, -0.1) is 0 Å². The van der Waals surface area contributed by atoms with Crippen LogP contribution in [-0.4, -0.2) is 37.3 Å². The second kappa shape index (κ2) is 8.48. The summed E-state index contributed by atoms with van der Waals surface area (Å²) in [5.41, 5.74) is 0. The van der Waals surface area contributed by atoms with E-state index in [4.69, 9.17) is 0 Å². The zero-order valence-corrected chi connectivity index (χ0v) is 11.7. The number of rotatable bonds is 7. The Kier molecular flexibility index (Phi) is 7.28. The van der Waals surface area contributed by atoms with Gasteiger partial charge < -0.3 is 15.7 Å². The zero-order chi connectivity index (χ0) is 13.4. The number of aliphatic hydroxyl groups excluding tert-OH is 1. The van der Waals surface area contributed by atoms with Crippen molar-refractivity contribution in [3.63, 3.8) is 0 Å². The number of carbonyl (C=O) groups is 1. The molecule has 4 nitrogen and oxygen atoms in total. The Morgan fingerprint density at radius 2 is 2.00 bits per heavy atom. The molecule has 0 radical (unpaired) electrons. The third-order valence-electron chi connectivity index (χ3n) is 3.99. The smallest absolute Gasteiger partial charge is 0.224 e. The number of aliphatic hydroxyl groups is 1. The van der Waals surface area contributed by atoms with E-state index in [1.54, 1.807) is 0 Å². The molecular weight excluding hydrogens is 228 g/mol. The molecule has 3 atom stereocenters. The van der Waals surface area contributed by atoms with Gasteiger partial charge in [-0.1, -0.05) is 26.7 Å². The largest absolute Gasteiger partial charge is 0.396 e. The van der Waals surface area contributed by atoms with E-state index in [2.05, 4.69) is 10.6 Å². The summed E-state index contributed by atoms with van der Waals surface area (Å²) in [6, 6.07) is 0. The summed E-state index contributed by atoms with van der Waals surface area (Å²) in [5, 5.41) is 15.6. The second-order valence-corrected chi connectivity index (χ2v) is 5.44. The van der Waals surface area contributed by atoms with Gasteiger partial charge in [0.2, 0.25) is 5.91 Å². The quantitative estimate of drug-likeness (QED) is 0.640. The fourth-order valence-electron chi connectivity index (χ4n) is 2.65. The number of nitrogens with one attached hydrogen (secondary N) is 2. The Bertz CT molecular complexity index is 246. The van der Waals surface area contributed by atoms with Crippen LogP contribution in [0.2, 0.25) is 0 Å². The molecule has 106 valence electrons. The van der Waals surface area contributed by atoms with Gasteiger partial charge in [-0.2, -0.15) is 0 Å². The zero-order valence-electron chi connectivity index (χ0n) is 11.7. The van der Waals surface area contributed by atoms with Gasteiger partial charge in [0, 0.05) is 25.6 Å². The topological polar surface area (TPSA) is 61.4 Å². The summed E-state index contributed by atoms with van der Waals surface area (Å²) in [5.74, 6) is 0.974. The normalized spacial score (nSPS) is 25.7. The fraction of sp³-hybridized carbons (Fsp3) is 0.929. The van der Waals surface area contributed by atoms with Crippen LogP contribution in [0.1, 0.15) is 39.5 Å². The van der Waals surface area contributed by atoms with E-state index < -0.39 is 0 Å². The molecule has 0 heterocycles. The number of amides is 1. The first-order chi connectivity index (χ1) is 8.69. The summed E-state index contributed by atoms with van der Waals surface area (Å²) >= 11 is 0. The Morgan fingerprint density at radius 1 is 1.33 bits per heavy atom. The molecule has 18 heavy (non-hydrogen) atoms. The highest BCUT2D eigenvalue weighted by Crippen LogP contribution is 2.29. The van der Waals surface area contributed by atoms with E-state index >= 15 is 0 Å². The number of carbonyl (C=O) groups excluding carboxylic acids is 1. The van der Waals surface area contributed by atoms with Crippen molar-refractivity contribution in [3.05, 3.63) is 0 Å². The van der Waals surface area contributed by atoms with Crippen LogP contribution in [0.4, 0.5) is 0 Å². The van der Waals surface area contributed by atoms with Gasteiger partial charge in [0.1, 0.15) is 0 Å². The minimum absolute atomic E-state index is 0.0149. The van der Waals surface area contributed by atoms with Gasteiger partial charge in [-0.05, 0) is 31.2 Å². The minimum Gasteiger partial charge on any atom is -0.396 e. The van der Waals surface area contributed by atoms with Crippen LogP contribution in [-0.2, 0) is 4.79 Å². The van der Waals surface area contributed by atoms with Crippen LogP contribution < -0.4 is 10.6 Å². The van der Waals surface area contributed by atoms with Gasteiger partial charge in [0.05, 0.1) is 0 Å². The Labute approximate surface area is 111 Å². The van der Waals surface area contributed by atoms with Crippen molar-refractivity contribution in [2.45, 2.75) is 39.5 Å². The first-order valence-electron chi connectivity index (χ1n) is 7.28. The molecule has 0 saturated heterocycles. The molecule has 1 fully saturated rings. The molecule has 0 spiro atoms. The molecule has 0 bridgehead atoms. The molecule has 1 rings (SSSR count). The number of hydrogen-bond acceptors (Lipinski definition) is 3. The second-order valence-electron chi connectivity index (χ2n) is 5.44. The van der Waals surface area contributed by atoms with Crippen molar-refractivity contribution in [2.24, 2.45) is 17.8 Å². The van der Waals surface area contributed by atoms with Gasteiger partial charge >= 0.3 is 0 Å². The molecule has 3 N–H and O–H groups in total. The van der Waals surface area contributed by atoms with E-state index in [9.17, 15) is 9.90 Å². The molecule has 0 aromatic carbocycles. The van der Waals surface area contributed by atoms with Crippen molar-refractivity contribution in [3.8, 4) is 0 Å². The van der Waals surface area contributed by atoms with Crippen LogP contribution in [0.5, 0.6) is 0 Å². The maximum Gasteiger partial charge on any atom is 0.224 e. The van der Waals surface area contributed by atoms with Crippen LogP contribution in [0.15, 0.2) is 0 Å². The first kappa shape index (κ1) is 15.4. The SMILES string of the molecule is CCNCC(C)C(=O)NCC1CCCCC1CO. The van der Waals surface area contributed by atoms with Crippen molar-refractivity contribution in [2.75, 3.05) is 26.2 Å². The van der Waals surface area contributed by atoms with Gasteiger partial charge in [-0.3, -0.25) is 4.79 Å². The van der Waals surface area contributed by atoms with E-state index in [0.29, 0.717) is 11.8 Å². The molecule has 4 heteroatoms. The summed E-state index contributed by atoms with van der Waals surface area (Å²) < 4.78 is 0. The molecule has 0 aliphatic heterocycles. The highest BCUT2D eigenvalue weighted by molar-refractivity contribution is 5.78. The molecule has 3 unspecified atom stereocenters. The summed E-state index contributed by atoms with van der Waals surface area (Å²) in [7, 11) is 0. The van der Waals surface area contributed by atoms with Crippen molar-refractivity contribution in [1.29, 1.82) is 0 Å². The molecule has 1 aliphatic carbocycles. The summed E-state index contributed by atoms with van der Waals surface area (Å²) in [6.07, 6.45) is 4.67. The average Bonchev–Trinajstić information content (AvgIpc) is 2.42. The summed E-state index contributed by atoms with van der Waals surface area (Å²) in [4.78, 5) is 11.9. The average molecular weight is 256 g/mol. The van der Waals surface area contributed by atoms with Gasteiger partial charge in [-0.25, -0.2) is 0 Å². The van der Waals surface area contributed by atoms with E-state index in [0.717, 1.165) is 32.5 Å². The minimum atomic E-state index is 0.0149. The predicted molar refractivity (Wildman–Crippen MR) is 73.3 cm³/mol. The summed E-state index contributed by atoms with van der Waals surface area (Å²) in [6.45, 7) is 6.60. The monoisotopic (exact) mass is 256 g/mol. The standard InChI is InChI=1S/C14H28N2O2/c1-3-15-8-11(2)14(18)16-9-12-6-4-5-7-13(12)10-17/h11-13,15,17H,3-10H2,1-2H3,(H,16,18). The maximum absolute atomic E-state index is 11.9. The lowest BCUT2D eigenvalue weighted by Gasteiger charge is -2.30. The van der Waals surface area contributed by atoms with Crippen LogP contribution >= 0.6 is 0 Å². The molecule has 0 aromatic rings. The van der Waals surface area contributed by atoms with Gasteiger partial charge in [0.25, 0.3) is 0 Å².